The molecule has 1 aromatic carbocycles. The Morgan fingerprint density at radius 3 is 2.96 bits per heavy atom. The fourth-order valence-corrected chi connectivity index (χ4v) is 2.67. The van der Waals surface area contributed by atoms with Gasteiger partial charge in [-0.25, -0.2) is 4.98 Å². The third-order valence-corrected chi connectivity index (χ3v) is 3.86. The van der Waals surface area contributed by atoms with Crippen molar-refractivity contribution in [2.75, 3.05) is 25.1 Å². The number of hydrogen-bond acceptors (Lipinski definition) is 6. The number of carbonyl (C=O) groups excluding carboxylic acids is 1. The number of methoxy groups -OCH3 is 1. The summed E-state index contributed by atoms with van der Waals surface area (Å²) in [4.78, 5) is 29.5. The number of thioether (sulfide) groups is 1. The van der Waals surface area contributed by atoms with Gasteiger partial charge < -0.3 is 20.8 Å². The van der Waals surface area contributed by atoms with Gasteiger partial charge in [0.05, 0.1) is 12.9 Å². The number of aromatic nitrogens is 2. The summed E-state index contributed by atoms with van der Waals surface area (Å²) in [6.45, 7) is 0.501. The molecule has 1 heterocycles. The maximum Gasteiger partial charge on any atom is 0.253 e. The standard InChI is InChI=1S/C15H18N4O3S/c1-22-11-5-3-2-4-10(11)6-7-17-14(21)9-23-15-18-12(16)8-13(20)19-15/h2-5,8H,6-7,9H2,1H3,(H,17,21)(H3,16,18,19,20). The molecule has 0 aliphatic heterocycles. The second-order valence-electron chi connectivity index (χ2n) is 4.68. The Morgan fingerprint density at radius 1 is 1.43 bits per heavy atom. The van der Waals surface area contributed by atoms with Gasteiger partial charge in [0, 0.05) is 12.6 Å². The average molecular weight is 334 g/mol. The summed E-state index contributed by atoms with van der Waals surface area (Å²) in [5.41, 5.74) is 6.18. The lowest BCUT2D eigenvalue weighted by molar-refractivity contribution is -0.118. The SMILES string of the molecule is COc1ccccc1CCNC(=O)CSc1nc(N)cc(=O)[nH]1. The summed E-state index contributed by atoms with van der Waals surface area (Å²) < 4.78 is 5.26. The van der Waals surface area contributed by atoms with Crippen molar-refractivity contribution in [2.24, 2.45) is 0 Å². The molecule has 0 fully saturated rings. The Morgan fingerprint density at radius 2 is 2.22 bits per heavy atom. The fourth-order valence-electron chi connectivity index (χ4n) is 1.95. The monoisotopic (exact) mass is 334 g/mol. The normalized spacial score (nSPS) is 10.3. The van der Waals surface area contributed by atoms with E-state index in [4.69, 9.17) is 10.5 Å². The van der Waals surface area contributed by atoms with E-state index in [0.29, 0.717) is 18.1 Å². The van der Waals surface area contributed by atoms with Crippen molar-refractivity contribution < 1.29 is 9.53 Å². The van der Waals surface area contributed by atoms with Gasteiger partial charge in [-0.3, -0.25) is 9.59 Å². The molecule has 2 rings (SSSR count). The molecular formula is C15H18N4O3S. The number of aromatic amines is 1. The van der Waals surface area contributed by atoms with Crippen molar-refractivity contribution in [2.45, 2.75) is 11.6 Å². The molecule has 1 amide bonds. The largest absolute Gasteiger partial charge is 0.496 e. The molecule has 0 atom stereocenters. The number of ether oxygens (including phenoxy) is 1. The van der Waals surface area contributed by atoms with Crippen molar-refractivity contribution in [3.8, 4) is 5.75 Å². The van der Waals surface area contributed by atoms with Gasteiger partial charge >= 0.3 is 0 Å². The van der Waals surface area contributed by atoms with Crippen LogP contribution < -0.4 is 21.3 Å². The summed E-state index contributed by atoms with van der Waals surface area (Å²) in [6.07, 6.45) is 0.674. The number of H-pyrrole nitrogens is 1. The number of para-hydroxylation sites is 1. The van der Waals surface area contributed by atoms with E-state index in [1.54, 1.807) is 7.11 Å². The van der Waals surface area contributed by atoms with Crippen LogP contribution in [0.4, 0.5) is 5.82 Å². The number of nitrogen functional groups attached to an aromatic ring is 1. The maximum atomic E-state index is 11.8. The van der Waals surface area contributed by atoms with E-state index in [2.05, 4.69) is 15.3 Å². The van der Waals surface area contributed by atoms with E-state index in [1.807, 2.05) is 24.3 Å². The van der Waals surface area contributed by atoms with Gasteiger partial charge in [-0.05, 0) is 18.1 Å². The van der Waals surface area contributed by atoms with Crippen LogP contribution in [0.1, 0.15) is 5.56 Å². The van der Waals surface area contributed by atoms with Crippen LogP contribution in [0.15, 0.2) is 40.3 Å². The Hall–Kier alpha value is -2.48. The van der Waals surface area contributed by atoms with Crippen LogP contribution in [0.5, 0.6) is 5.75 Å². The van der Waals surface area contributed by atoms with Crippen molar-refractivity contribution in [1.82, 2.24) is 15.3 Å². The molecule has 1 aromatic heterocycles. The van der Waals surface area contributed by atoms with Crippen LogP contribution >= 0.6 is 11.8 Å². The van der Waals surface area contributed by atoms with E-state index in [9.17, 15) is 9.59 Å². The highest BCUT2D eigenvalue weighted by Crippen LogP contribution is 2.17. The maximum absolute atomic E-state index is 11.8. The van der Waals surface area contributed by atoms with E-state index in [0.717, 1.165) is 23.1 Å². The van der Waals surface area contributed by atoms with E-state index >= 15 is 0 Å². The van der Waals surface area contributed by atoms with Gasteiger partial charge in [-0.15, -0.1) is 0 Å². The quantitative estimate of drug-likeness (QED) is 0.510. The first kappa shape index (κ1) is 16.9. The van der Waals surface area contributed by atoms with Gasteiger partial charge in [0.25, 0.3) is 5.56 Å². The number of anilines is 1. The number of carbonyl (C=O) groups is 1. The average Bonchev–Trinajstić information content (AvgIpc) is 2.52. The van der Waals surface area contributed by atoms with E-state index in [-0.39, 0.29) is 23.0 Å². The molecule has 0 radical (unpaired) electrons. The number of amides is 1. The van der Waals surface area contributed by atoms with Crippen molar-refractivity contribution in [1.29, 1.82) is 0 Å². The lowest BCUT2D eigenvalue weighted by atomic mass is 10.1. The molecule has 0 aliphatic carbocycles. The number of hydrogen-bond donors (Lipinski definition) is 3. The zero-order valence-electron chi connectivity index (χ0n) is 12.7. The first-order chi connectivity index (χ1) is 11.1. The molecule has 0 spiro atoms. The van der Waals surface area contributed by atoms with Gasteiger partial charge in [0.1, 0.15) is 11.6 Å². The molecule has 7 nitrogen and oxygen atoms in total. The fraction of sp³-hybridized carbons (Fsp3) is 0.267. The van der Waals surface area contributed by atoms with Crippen LogP contribution in [0.3, 0.4) is 0 Å². The highest BCUT2D eigenvalue weighted by molar-refractivity contribution is 7.99. The molecule has 122 valence electrons. The van der Waals surface area contributed by atoms with Crippen LogP contribution in [0.2, 0.25) is 0 Å². The highest BCUT2D eigenvalue weighted by atomic mass is 32.2. The van der Waals surface area contributed by atoms with Crippen LogP contribution in [0.25, 0.3) is 0 Å². The molecule has 0 unspecified atom stereocenters. The van der Waals surface area contributed by atoms with Gasteiger partial charge in [-0.2, -0.15) is 0 Å². The Labute approximate surface area is 137 Å². The molecule has 0 saturated carbocycles. The van der Waals surface area contributed by atoms with E-state index in [1.165, 1.54) is 6.07 Å². The van der Waals surface area contributed by atoms with Gasteiger partial charge in [0.2, 0.25) is 5.91 Å². The predicted molar refractivity (Wildman–Crippen MR) is 89.7 cm³/mol. The molecule has 4 N–H and O–H groups in total. The molecular weight excluding hydrogens is 316 g/mol. The topological polar surface area (TPSA) is 110 Å². The zero-order valence-corrected chi connectivity index (χ0v) is 13.5. The molecule has 8 heteroatoms. The van der Waals surface area contributed by atoms with Crippen LogP contribution in [-0.2, 0) is 11.2 Å². The van der Waals surface area contributed by atoms with Crippen molar-refractivity contribution in [3.05, 3.63) is 46.2 Å². The van der Waals surface area contributed by atoms with Crippen molar-refractivity contribution in [3.63, 3.8) is 0 Å². The third-order valence-electron chi connectivity index (χ3n) is 2.99. The van der Waals surface area contributed by atoms with Gasteiger partial charge in [-0.1, -0.05) is 30.0 Å². The van der Waals surface area contributed by atoms with Crippen LogP contribution in [-0.4, -0.2) is 35.3 Å². The summed E-state index contributed by atoms with van der Waals surface area (Å²) in [5.74, 6) is 0.943. The van der Waals surface area contributed by atoms with Gasteiger partial charge in [0.15, 0.2) is 5.16 Å². The minimum atomic E-state index is -0.336. The first-order valence-electron chi connectivity index (χ1n) is 6.96. The second-order valence-corrected chi connectivity index (χ2v) is 5.64. The third kappa shape index (κ3) is 5.33. The Kier molecular flexibility index (Phi) is 6.04. The number of rotatable bonds is 7. The summed E-state index contributed by atoms with van der Waals surface area (Å²) in [6, 6.07) is 8.86. The summed E-state index contributed by atoms with van der Waals surface area (Å²) >= 11 is 1.13. The molecule has 2 aromatic rings. The second kappa shape index (κ2) is 8.23. The zero-order chi connectivity index (χ0) is 16.7. The Bertz CT molecular complexity index is 733. The molecule has 23 heavy (non-hydrogen) atoms. The lowest BCUT2D eigenvalue weighted by Crippen LogP contribution is -2.27. The molecule has 0 bridgehead atoms. The minimum absolute atomic E-state index is 0.132. The number of nitrogens with one attached hydrogen (secondary N) is 2. The number of nitrogens with two attached hydrogens (primary N) is 1. The molecule has 0 aliphatic rings. The minimum Gasteiger partial charge on any atom is -0.496 e. The smallest absolute Gasteiger partial charge is 0.253 e. The Balaban J connectivity index is 1.78. The summed E-state index contributed by atoms with van der Waals surface area (Å²) in [7, 11) is 1.62. The highest BCUT2D eigenvalue weighted by Gasteiger charge is 2.06. The van der Waals surface area contributed by atoms with E-state index < -0.39 is 0 Å². The van der Waals surface area contributed by atoms with Crippen molar-refractivity contribution >= 4 is 23.5 Å². The first-order valence-corrected chi connectivity index (χ1v) is 7.95. The number of nitrogens with zero attached hydrogens (tertiary/aromatic N) is 1. The lowest BCUT2D eigenvalue weighted by Gasteiger charge is -2.09. The molecule has 0 saturated heterocycles. The predicted octanol–water partition coefficient (Wildman–Crippen LogP) is 0.812. The van der Waals surface area contributed by atoms with Crippen LogP contribution in [0, 0.1) is 0 Å². The number of benzene rings is 1. The summed E-state index contributed by atoms with van der Waals surface area (Å²) in [5, 5.41) is 3.14.